The summed E-state index contributed by atoms with van der Waals surface area (Å²) < 4.78 is 5.19. The molecule has 0 aliphatic heterocycles. The Hall–Kier alpha value is -1.86. The molecule has 2 aromatic rings. The van der Waals surface area contributed by atoms with E-state index in [0.29, 0.717) is 6.61 Å². The molecule has 0 atom stereocenters. The summed E-state index contributed by atoms with van der Waals surface area (Å²) in [5, 5.41) is 0. The standard InChI is InChI=1S/C25H32O/c1-3-4-5-6-20-7-11-22(12-8-20)24-15-17-25(18-16-24)23-13-9-21(10-14-23)19-26-2/h3-4,9-10,13-18,20,22H,5-8,11-12,19H2,1-2H3. The Morgan fingerprint density at radius 1 is 0.885 bits per heavy atom. The van der Waals surface area contributed by atoms with Crippen LogP contribution in [0, 0.1) is 5.92 Å². The second kappa shape index (κ2) is 9.73. The summed E-state index contributed by atoms with van der Waals surface area (Å²) in [6.45, 7) is 2.80. The molecular weight excluding hydrogens is 316 g/mol. The van der Waals surface area contributed by atoms with Gasteiger partial charge in [-0.15, -0.1) is 0 Å². The van der Waals surface area contributed by atoms with Gasteiger partial charge in [-0.3, -0.25) is 0 Å². The molecule has 1 fully saturated rings. The summed E-state index contributed by atoms with van der Waals surface area (Å²) in [5.74, 6) is 1.69. The number of allylic oxidation sites excluding steroid dienone is 2. The van der Waals surface area contributed by atoms with Gasteiger partial charge >= 0.3 is 0 Å². The van der Waals surface area contributed by atoms with Crippen molar-refractivity contribution in [2.24, 2.45) is 5.92 Å². The molecule has 0 spiro atoms. The van der Waals surface area contributed by atoms with Gasteiger partial charge in [0.25, 0.3) is 0 Å². The van der Waals surface area contributed by atoms with E-state index in [1.165, 1.54) is 60.8 Å². The highest BCUT2D eigenvalue weighted by atomic mass is 16.5. The molecule has 26 heavy (non-hydrogen) atoms. The lowest BCUT2D eigenvalue weighted by atomic mass is 9.77. The number of methoxy groups -OCH3 is 1. The molecular formula is C25H32O. The van der Waals surface area contributed by atoms with E-state index in [9.17, 15) is 0 Å². The lowest BCUT2D eigenvalue weighted by Gasteiger charge is -2.28. The van der Waals surface area contributed by atoms with E-state index in [0.717, 1.165) is 11.8 Å². The highest BCUT2D eigenvalue weighted by Gasteiger charge is 2.21. The van der Waals surface area contributed by atoms with Crippen LogP contribution in [0.3, 0.4) is 0 Å². The molecule has 0 heterocycles. The van der Waals surface area contributed by atoms with Crippen molar-refractivity contribution in [3.63, 3.8) is 0 Å². The SMILES string of the molecule is CC=CCCC1CCC(c2ccc(-c3ccc(COC)cc3)cc2)CC1. The highest BCUT2D eigenvalue weighted by molar-refractivity contribution is 5.64. The maximum Gasteiger partial charge on any atom is 0.0713 e. The van der Waals surface area contributed by atoms with Gasteiger partial charge in [0.05, 0.1) is 6.61 Å². The van der Waals surface area contributed by atoms with Crippen molar-refractivity contribution in [2.45, 2.75) is 58.0 Å². The van der Waals surface area contributed by atoms with Crippen molar-refractivity contribution in [1.82, 2.24) is 0 Å². The average molecular weight is 349 g/mol. The minimum Gasteiger partial charge on any atom is -0.380 e. The number of hydrogen-bond acceptors (Lipinski definition) is 1. The normalized spacial score (nSPS) is 20.5. The Morgan fingerprint density at radius 2 is 1.50 bits per heavy atom. The molecule has 1 heteroatoms. The third kappa shape index (κ3) is 5.08. The van der Waals surface area contributed by atoms with Crippen molar-refractivity contribution in [1.29, 1.82) is 0 Å². The second-order valence-electron chi connectivity index (χ2n) is 7.62. The first kappa shape index (κ1) is 18.9. The minimum atomic E-state index is 0.677. The third-order valence-corrected chi connectivity index (χ3v) is 5.80. The van der Waals surface area contributed by atoms with E-state index in [-0.39, 0.29) is 0 Å². The zero-order chi connectivity index (χ0) is 18.2. The predicted molar refractivity (Wildman–Crippen MR) is 111 cm³/mol. The first-order valence-corrected chi connectivity index (χ1v) is 10.1. The van der Waals surface area contributed by atoms with Gasteiger partial charge in [-0.05, 0) is 79.5 Å². The Morgan fingerprint density at radius 3 is 2.08 bits per heavy atom. The van der Waals surface area contributed by atoms with Crippen LogP contribution in [0.5, 0.6) is 0 Å². The zero-order valence-corrected chi connectivity index (χ0v) is 16.3. The van der Waals surface area contributed by atoms with Crippen molar-refractivity contribution in [3.05, 3.63) is 71.8 Å². The molecule has 2 aromatic carbocycles. The van der Waals surface area contributed by atoms with Crippen LogP contribution in [0.4, 0.5) is 0 Å². The molecule has 0 unspecified atom stereocenters. The van der Waals surface area contributed by atoms with E-state index in [1.807, 2.05) is 0 Å². The summed E-state index contributed by atoms with van der Waals surface area (Å²) >= 11 is 0. The third-order valence-electron chi connectivity index (χ3n) is 5.80. The molecule has 1 saturated carbocycles. The molecule has 0 amide bonds. The molecule has 1 nitrogen and oxygen atoms in total. The molecule has 0 bridgehead atoms. The molecule has 1 aliphatic carbocycles. The maximum absolute atomic E-state index is 5.19. The van der Waals surface area contributed by atoms with Crippen LogP contribution in [-0.2, 0) is 11.3 Å². The molecule has 0 N–H and O–H groups in total. The molecule has 1 aliphatic rings. The molecule has 0 aromatic heterocycles. The molecule has 0 saturated heterocycles. The Balaban J connectivity index is 1.56. The van der Waals surface area contributed by atoms with Crippen LogP contribution in [0.1, 0.15) is 62.5 Å². The molecule has 138 valence electrons. The molecule has 3 rings (SSSR count). The Bertz CT molecular complexity index is 673. The van der Waals surface area contributed by atoms with Crippen LogP contribution in [-0.4, -0.2) is 7.11 Å². The van der Waals surface area contributed by atoms with E-state index < -0.39 is 0 Å². The van der Waals surface area contributed by atoms with Crippen molar-refractivity contribution < 1.29 is 4.74 Å². The fraction of sp³-hybridized carbons (Fsp3) is 0.440. The number of ether oxygens (including phenoxy) is 1. The van der Waals surface area contributed by atoms with E-state index in [4.69, 9.17) is 4.74 Å². The summed E-state index contributed by atoms with van der Waals surface area (Å²) in [4.78, 5) is 0. The molecule has 0 radical (unpaired) electrons. The number of benzene rings is 2. The summed E-state index contributed by atoms with van der Waals surface area (Å²) in [6.07, 6.45) is 12.6. The second-order valence-corrected chi connectivity index (χ2v) is 7.62. The lowest BCUT2D eigenvalue weighted by molar-refractivity contribution is 0.185. The van der Waals surface area contributed by atoms with Crippen LogP contribution in [0.25, 0.3) is 11.1 Å². The van der Waals surface area contributed by atoms with Gasteiger partial charge in [-0.25, -0.2) is 0 Å². The predicted octanol–water partition coefficient (Wildman–Crippen LogP) is 7.13. The number of hydrogen-bond donors (Lipinski definition) is 0. The van der Waals surface area contributed by atoms with Crippen LogP contribution in [0.15, 0.2) is 60.7 Å². The first-order valence-electron chi connectivity index (χ1n) is 10.1. The smallest absolute Gasteiger partial charge is 0.0713 e. The van der Waals surface area contributed by atoms with Crippen molar-refractivity contribution >= 4 is 0 Å². The van der Waals surface area contributed by atoms with Crippen LogP contribution < -0.4 is 0 Å². The van der Waals surface area contributed by atoms with E-state index in [1.54, 1.807) is 7.11 Å². The van der Waals surface area contributed by atoms with Gasteiger partial charge in [0.1, 0.15) is 0 Å². The summed E-state index contributed by atoms with van der Waals surface area (Å²) in [5.41, 5.74) is 5.33. The minimum absolute atomic E-state index is 0.677. The van der Waals surface area contributed by atoms with Crippen LogP contribution in [0.2, 0.25) is 0 Å². The topological polar surface area (TPSA) is 9.23 Å². The lowest BCUT2D eigenvalue weighted by Crippen LogP contribution is -2.13. The van der Waals surface area contributed by atoms with Gasteiger partial charge in [0.2, 0.25) is 0 Å². The average Bonchev–Trinajstić information content (AvgIpc) is 2.70. The summed E-state index contributed by atoms with van der Waals surface area (Å²) in [6, 6.07) is 18.0. The summed E-state index contributed by atoms with van der Waals surface area (Å²) in [7, 11) is 1.74. The van der Waals surface area contributed by atoms with Gasteiger partial charge in [0, 0.05) is 7.11 Å². The monoisotopic (exact) mass is 348 g/mol. The van der Waals surface area contributed by atoms with Gasteiger partial charge < -0.3 is 4.74 Å². The maximum atomic E-state index is 5.19. The van der Waals surface area contributed by atoms with E-state index >= 15 is 0 Å². The van der Waals surface area contributed by atoms with Gasteiger partial charge in [-0.2, -0.15) is 0 Å². The fourth-order valence-corrected chi connectivity index (χ4v) is 4.19. The van der Waals surface area contributed by atoms with Crippen LogP contribution >= 0.6 is 0 Å². The van der Waals surface area contributed by atoms with Crippen molar-refractivity contribution in [3.8, 4) is 11.1 Å². The Labute approximate surface area is 159 Å². The number of rotatable bonds is 7. The Kier molecular flexibility index (Phi) is 7.08. The van der Waals surface area contributed by atoms with Crippen molar-refractivity contribution in [2.75, 3.05) is 7.11 Å². The fourth-order valence-electron chi connectivity index (χ4n) is 4.19. The van der Waals surface area contributed by atoms with E-state index in [2.05, 4.69) is 67.6 Å². The zero-order valence-electron chi connectivity index (χ0n) is 16.3. The largest absolute Gasteiger partial charge is 0.380 e. The first-order chi connectivity index (χ1) is 12.8. The van der Waals surface area contributed by atoms with Gasteiger partial charge in [0.15, 0.2) is 0 Å². The van der Waals surface area contributed by atoms with Gasteiger partial charge in [-0.1, -0.05) is 60.7 Å². The highest BCUT2D eigenvalue weighted by Crippen LogP contribution is 2.38. The quantitative estimate of drug-likeness (QED) is 0.484.